The van der Waals surface area contributed by atoms with Gasteiger partial charge in [0.15, 0.2) is 0 Å². The average molecular weight is 283 g/mol. The van der Waals surface area contributed by atoms with Crippen molar-refractivity contribution in [2.24, 2.45) is 0 Å². The van der Waals surface area contributed by atoms with E-state index in [1.54, 1.807) is 24.3 Å². The quantitative estimate of drug-likeness (QED) is 0.685. The Morgan fingerprint density at radius 3 is 2.33 bits per heavy atom. The molecule has 0 saturated heterocycles. The van der Waals surface area contributed by atoms with Crippen molar-refractivity contribution in [1.82, 2.24) is 0 Å². The minimum atomic E-state index is -0.231. The summed E-state index contributed by atoms with van der Waals surface area (Å²) in [6, 6.07) is 4.91. The highest BCUT2D eigenvalue weighted by molar-refractivity contribution is 6.33. The zero-order valence-electron chi connectivity index (χ0n) is 11.8. The molecule has 0 spiro atoms. The van der Waals surface area contributed by atoms with Gasteiger partial charge < -0.3 is 5.11 Å². The number of allylic oxidation sites excluding steroid dienone is 1. The monoisotopic (exact) mass is 283 g/mol. The number of imide groups is 1. The molecular formula is C17H17NO3. The number of carbonyl (C=O) groups excluding carboxylic acids is 2. The lowest BCUT2D eigenvalue weighted by molar-refractivity contribution is -0.120. The third-order valence-corrected chi connectivity index (χ3v) is 4.11. The molecule has 1 aliphatic carbocycles. The number of phenols is 1. The molecule has 3 rings (SSSR count). The third kappa shape index (κ3) is 2.07. The summed E-state index contributed by atoms with van der Waals surface area (Å²) in [5, 5.41) is 10.0. The first-order valence-electron chi connectivity index (χ1n) is 7.17. The average Bonchev–Trinajstić information content (AvgIpc) is 2.74. The van der Waals surface area contributed by atoms with Crippen molar-refractivity contribution in [2.45, 2.75) is 32.1 Å². The SMILES string of the molecule is C=CCc1c(O)cccc1N1C(=O)C2=C(CCCC2)C1=O. The Balaban J connectivity index is 2.07. The van der Waals surface area contributed by atoms with Crippen LogP contribution in [0.25, 0.3) is 0 Å². The lowest BCUT2D eigenvalue weighted by Crippen LogP contribution is -2.32. The largest absolute Gasteiger partial charge is 0.508 e. The normalized spacial score (nSPS) is 18.2. The lowest BCUT2D eigenvalue weighted by Gasteiger charge is -2.19. The van der Waals surface area contributed by atoms with E-state index in [4.69, 9.17) is 0 Å². The minimum Gasteiger partial charge on any atom is -0.508 e. The fourth-order valence-electron chi connectivity index (χ4n) is 3.08. The van der Waals surface area contributed by atoms with E-state index in [2.05, 4.69) is 6.58 Å². The summed E-state index contributed by atoms with van der Waals surface area (Å²) in [6.45, 7) is 3.67. The van der Waals surface area contributed by atoms with Crippen molar-refractivity contribution in [1.29, 1.82) is 0 Å². The molecule has 2 aliphatic rings. The van der Waals surface area contributed by atoms with Crippen molar-refractivity contribution in [3.63, 3.8) is 0 Å². The van der Waals surface area contributed by atoms with Crippen molar-refractivity contribution in [3.05, 3.63) is 47.6 Å². The molecule has 1 aliphatic heterocycles. The molecule has 0 unspecified atom stereocenters. The highest BCUT2D eigenvalue weighted by Gasteiger charge is 2.40. The molecule has 4 nitrogen and oxygen atoms in total. The molecule has 0 atom stereocenters. The number of hydrogen-bond acceptors (Lipinski definition) is 3. The van der Waals surface area contributed by atoms with Crippen molar-refractivity contribution >= 4 is 17.5 Å². The third-order valence-electron chi connectivity index (χ3n) is 4.11. The van der Waals surface area contributed by atoms with Gasteiger partial charge in [0.05, 0.1) is 5.69 Å². The summed E-state index contributed by atoms with van der Waals surface area (Å²) in [4.78, 5) is 26.3. The number of benzene rings is 1. The molecule has 108 valence electrons. The molecule has 0 aromatic heterocycles. The molecule has 1 aromatic rings. The van der Waals surface area contributed by atoms with Gasteiger partial charge in [-0.2, -0.15) is 0 Å². The van der Waals surface area contributed by atoms with Gasteiger partial charge in [0, 0.05) is 16.7 Å². The second-order valence-electron chi connectivity index (χ2n) is 5.38. The van der Waals surface area contributed by atoms with Crippen LogP contribution in [0, 0.1) is 0 Å². The Bertz CT molecular complexity index is 645. The van der Waals surface area contributed by atoms with E-state index < -0.39 is 0 Å². The predicted molar refractivity (Wildman–Crippen MR) is 80.0 cm³/mol. The Hall–Kier alpha value is -2.36. The van der Waals surface area contributed by atoms with Crippen molar-refractivity contribution < 1.29 is 14.7 Å². The van der Waals surface area contributed by atoms with Crippen LogP contribution in [0.1, 0.15) is 31.2 Å². The van der Waals surface area contributed by atoms with Crippen LogP contribution in [-0.2, 0) is 16.0 Å². The number of hydrogen-bond donors (Lipinski definition) is 1. The van der Waals surface area contributed by atoms with E-state index in [0.29, 0.717) is 41.7 Å². The Labute approximate surface area is 123 Å². The number of rotatable bonds is 3. The van der Waals surface area contributed by atoms with Gasteiger partial charge in [-0.05, 0) is 44.2 Å². The molecule has 0 bridgehead atoms. The second kappa shape index (κ2) is 5.20. The summed E-state index contributed by atoms with van der Waals surface area (Å²) < 4.78 is 0. The highest BCUT2D eigenvalue weighted by Crippen LogP contribution is 2.38. The predicted octanol–water partition coefficient (Wildman–Crippen LogP) is 2.86. The molecule has 0 fully saturated rings. The van der Waals surface area contributed by atoms with Crippen LogP contribution < -0.4 is 4.90 Å². The van der Waals surface area contributed by atoms with Crippen LogP contribution in [0.5, 0.6) is 5.75 Å². The van der Waals surface area contributed by atoms with Crippen LogP contribution in [-0.4, -0.2) is 16.9 Å². The van der Waals surface area contributed by atoms with Gasteiger partial charge in [-0.25, -0.2) is 4.90 Å². The van der Waals surface area contributed by atoms with E-state index in [1.165, 1.54) is 4.90 Å². The number of anilines is 1. The van der Waals surface area contributed by atoms with E-state index in [1.807, 2.05) is 0 Å². The molecule has 1 N–H and O–H groups in total. The van der Waals surface area contributed by atoms with Gasteiger partial charge in [0.2, 0.25) is 0 Å². The van der Waals surface area contributed by atoms with Crippen LogP contribution in [0.2, 0.25) is 0 Å². The highest BCUT2D eigenvalue weighted by atomic mass is 16.3. The van der Waals surface area contributed by atoms with Crippen LogP contribution in [0.3, 0.4) is 0 Å². The van der Waals surface area contributed by atoms with Gasteiger partial charge in [0.1, 0.15) is 5.75 Å². The maximum absolute atomic E-state index is 12.6. The zero-order chi connectivity index (χ0) is 15.0. The Morgan fingerprint density at radius 2 is 1.76 bits per heavy atom. The summed E-state index contributed by atoms with van der Waals surface area (Å²) in [7, 11) is 0. The first-order chi connectivity index (χ1) is 10.1. The van der Waals surface area contributed by atoms with Gasteiger partial charge in [0.25, 0.3) is 11.8 Å². The van der Waals surface area contributed by atoms with Gasteiger partial charge in [-0.3, -0.25) is 9.59 Å². The summed E-state index contributed by atoms with van der Waals surface area (Å²) >= 11 is 0. The fraction of sp³-hybridized carbons (Fsp3) is 0.294. The fourth-order valence-corrected chi connectivity index (χ4v) is 3.08. The molecule has 21 heavy (non-hydrogen) atoms. The smallest absolute Gasteiger partial charge is 0.261 e. The summed E-state index contributed by atoms with van der Waals surface area (Å²) in [5.74, 6) is -0.380. The topological polar surface area (TPSA) is 57.6 Å². The minimum absolute atomic E-state index is 0.0814. The van der Waals surface area contributed by atoms with Gasteiger partial charge >= 0.3 is 0 Å². The molecule has 1 aromatic carbocycles. The second-order valence-corrected chi connectivity index (χ2v) is 5.38. The Kier molecular flexibility index (Phi) is 3.37. The number of nitrogens with zero attached hydrogens (tertiary/aromatic N) is 1. The molecule has 1 heterocycles. The number of aromatic hydroxyl groups is 1. The maximum Gasteiger partial charge on any atom is 0.261 e. The standard InChI is InChI=1S/C17H17NO3/c1-2-6-13-14(9-5-10-15(13)19)18-16(20)11-7-3-4-8-12(11)17(18)21/h2,5,9-10,19H,1,3-4,6-8H2. The maximum atomic E-state index is 12.6. The number of phenolic OH excluding ortho intramolecular Hbond substituents is 1. The molecular weight excluding hydrogens is 266 g/mol. The van der Waals surface area contributed by atoms with E-state index in [-0.39, 0.29) is 17.6 Å². The van der Waals surface area contributed by atoms with E-state index >= 15 is 0 Å². The summed E-state index contributed by atoms with van der Waals surface area (Å²) in [5.41, 5.74) is 2.34. The van der Waals surface area contributed by atoms with Gasteiger partial charge in [-0.15, -0.1) is 6.58 Å². The number of carbonyl (C=O) groups is 2. The van der Waals surface area contributed by atoms with E-state index in [0.717, 1.165) is 12.8 Å². The molecule has 4 heteroatoms. The number of amides is 2. The Morgan fingerprint density at radius 1 is 1.14 bits per heavy atom. The van der Waals surface area contributed by atoms with Crippen LogP contribution in [0.15, 0.2) is 42.0 Å². The zero-order valence-corrected chi connectivity index (χ0v) is 11.8. The molecule has 0 saturated carbocycles. The van der Waals surface area contributed by atoms with Gasteiger partial charge in [-0.1, -0.05) is 12.1 Å². The van der Waals surface area contributed by atoms with Crippen molar-refractivity contribution in [3.8, 4) is 5.75 Å². The lowest BCUT2D eigenvalue weighted by atomic mass is 9.93. The van der Waals surface area contributed by atoms with Crippen LogP contribution in [0.4, 0.5) is 5.69 Å². The summed E-state index contributed by atoms with van der Waals surface area (Å²) in [6.07, 6.45) is 5.30. The first-order valence-corrected chi connectivity index (χ1v) is 7.17. The first kappa shape index (κ1) is 13.6. The van der Waals surface area contributed by atoms with Crippen LogP contribution >= 0.6 is 0 Å². The molecule has 0 radical (unpaired) electrons. The van der Waals surface area contributed by atoms with Crippen molar-refractivity contribution in [2.75, 3.05) is 4.90 Å². The molecule has 2 amide bonds. The van der Waals surface area contributed by atoms with E-state index in [9.17, 15) is 14.7 Å².